The van der Waals surface area contributed by atoms with Gasteiger partial charge in [0.05, 0.1) is 40.7 Å². The van der Waals surface area contributed by atoms with Gasteiger partial charge in [-0.25, -0.2) is 21.6 Å². The van der Waals surface area contributed by atoms with Crippen molar-refractivity contribution in [2.75, 3.05) is 6.54 Å². The average molecular weight is 512 g/mol. The van der Waals surface area contributed by atoms with Gasteiger partial charge in [-0.1, -0.05) is 0 Å². The van der Waals surface area contributed by atoms with Gasteiger partial charge in [-0.3, -0.25) is 9.48 Å². The number of fused-ring (bicyclic) bond motifs is 1. The highest BCUT2D eigenvalue weighted by Crippen LogP contribution is 2.37. The predicted octanol–water partition coefficient (Wildman–Crippen LogP) is 3.86. The molecule has 4 rings (SSSR count). The van der Waals surface area contributed by atoms with Crippen molar-refractivity contribution in [2.45, 2.75) is 56.2 Å². The number of aliphatic carboxylic acids is 1. The van der Waals surface area contributed by atoms with Crippen molar-refractivity contribution < 1.29 is 36.2 Å². The van der Waals surface area contributed by atoms with Crippen LogP contribution in [0, 0.1) is 5.82 Å². The van der Waals surface area contributed by atoms with Crippen molar-refractivity contribution in [3.05, 3.63) is 54.0 Å². The van der Waals surface area contributed by atoms with Crippen LogP contribution in [0.15, 0.2) is 47.4 Å². The van der Waals surface area contributed by atoms with Crippen LogP contribution in [0.5, 0.6) is 5.75 Å². The Bertz CT molecular complexity index is 1340. The number of nitrogens with zero attached hydrogens (tertiary/aromatic N) is 3. The Hall–Kier alpha value is -3.12. The molecule has 2 atom stereocenters. The molecule has 188 valence electrons. The summed E-state index contributed by atoms with van der Waals surface area (Å²) in [6.45, 7) is 3.30. The van der Waals surface area contributed by atoms with E-state index in [4.69, 9.17) is 4.74 Å². The molecule has 1 N–H and O–H groups in total. The normalized spacial score (nSPS) is 19.2. The topological polar surface area (TPSA) is 102 Å². The standard InChI is InChI=1S/C23H24F3N3O5S/c1-13(2)34-16-4-6-17(7-5-16)35(32,33)28-12-15(10-21(28)23(25)26)29-20-9-14(24)3-8-18(20)19(27-29)11-22(30)31/h3-9,13,15,21,23H,10-12H2,1-2H3,(H,30,31)/t15-,21-/m1/s1. The zero-order chi connectivity index (χ0) is 25.5. The average Bonchev–Trinajstić information content (AvgIpc) is 3.36. The fourth-order valence-electron chi connectivity index (χ4n) is 4.32. The van der Waals surface area contributed by atoms with Gasteiger partial charge < -0.3 is 9.84 Å². The summed E-state index contributed by atoms with van der Waals surface area (Å²) in [7, 11) is -4.30. The molecule has 0 amide bonds. The van der Waals surface area contributed by atoms with Crippen LogP contribution in [0.1, 0.15) is 32.0 Å². The molecule has 2 heterocycles. The molecule has 1 aliphatic heterocycles. The molecule has 0 spiro atoms. The Labute approximate surface area is 200 Å². The predicted molar refractivity (Wildman–Crippen MR) is 121 cm³/mol. The van der Waals surface area contributed by atoms with Crippen LogP contribution in [-0.4, -0.2) is 58.7 Å². The highest BCUT2D eigenvalue weighted by Gasteiger charge is 2.46. The third-order valence-electron chi connectivity index (χ3n) is 5.78. The summed E-state index contributed by atoms with van der Waals surface area (Å²) in [5.41, 5.74) is 0.358. The second kappa shape index (κ2) is 9.50. The number of hydrogen-bond acceptors (Lipinski definition) is 5. The van der Waals surface area contributed by atoms with Gasteiger partial charge in [0.15, 0.2) is 0 Å². The highest BCUT2D eigenvalue weighted by molar-refractivity contribution is 7.89. The van der Waals surface area contributed by atoms with Gasteiger partial charge in [-0.2, -0.15) is 9.40 Å². The van der Waals surface area contributed by atoms with Crippen molar-refractivity contribution in [2.24, 2.45) is 0 Å². The Balaban J connectivity index is 1.70. The van der Waals surface area contributed by atoms with Gasteiger partial charge in [0.25, 0.3) is 6.43 Å². The molecule has 12 heteroatoms. The number of benzene rings is 2. The third-order valence-corrected chi connectivity index (χ3v) is 7.68. The van der Waals surface area contributed by atoms with E-state index in [-0.39, 0.29) is 35.2 Å². The molecule has 1 aromatic heterocycles. The zero-order valence-corrected chi connectivity index (χ0v) is 19.8. The second-order valence-corrected chi connectivity index (χ2v) is 10.5. The van der Waals surface area contributed by atoms with Gasteiger partial charge in [0.1, 0.15) is 11.6 Å². The summed E-state index contributed by atoms with van der Waals surface area (Å²) in [4.78, 5) is 11.1. The molecule has 0 radical (unpaired) electrons. The molecule has 0 bridgehead atoms. The van der Waals surface area contributed by atoms with Crippen molar-refractivity contribution in [1.29, 1.82) is 0 Å². The summed E-state index contributed by atoms with van der Waals surface area (Å²) < 4.78 is 76.1. The van der Waals surface area contributed by atoms with Crippen LogP contribution in [0.3, 0.4) is 0 Å². The number of hydrogen-bond donors (Lipinski definition) is 1. The number of alkyl halides is 2. The number of sulfonamides is 1. The minimum Gasteiger partial charge on any atom is -0.491 e. The van der Waals surface area contributed by atoms with E-state index in [1.807, 2.05) is 13.8 Å². The van der Waals surface area contributed by atoms with E-state index in [1.54, 1.807) is 0 Å². The number of rotatable bonds is 8. The Morgan fingerprint density at radius 2 is 1.89 bits per heavy atom. The molecular weight excluding hydrogens is 487 g/mol. The van der Waals surface area contributed by atoms with Gasteiger partial charge in [0.2, 0.25) is 10.0 Å². The van der Waals surface area contributed by atoms with Gasteiger partial charge >= 0.3 is 5.97 Å². The summed E-state index contributed by atoms with van der Waals surface area (Å²) >= 11 is 0. The highest BCUT2D eigenvalue weighted by atomic mass is 32.2. The van der Waals surface area contributed by atoms with E-state index < -0.39 is 46.7 Å². The first-order valence-electron chi connectivity index (χ1n) is 10.9. The van der Waals surface area contributed by atoms with Crippen LogP contribution in [-0.2, 0) is 21.2 Å². The van der Waals surface area contributed by atoms with E-state index in [0.29, 0.717) is 11.1 Å². The van der Waals surface area contributed by atoms with E-state index >= 15 is 0 Å². The van der Waals surface area contributed by atoms with E-state index in [0.717, 1.165) is 16.4 Å². The quantitative estimate of drug-likeness (QED) is 0.493. The van der Waals surface area contributed by atoms with Crippen molar-refractivity contribution in [3.63, 3.8) is 0 Å². The zero-order valence-electron chi connectivity index (χ0n) is 18.9. The maximum Gasteiger partial charge on any atom is 0.309 e. The van der Waals surface area contributed by atoms with Crippen LogP contribution in [0.4, 0.5) is 13.2 Å². The van der Waals surface area contributed by atoms with Crippen LogP contribution < -0.4 is 4.74 Å². The SMILES string of the molecule is CC(C)Oc1ccc(S(=O)(=O)N2C[C@H](n3nc(CC(=O)O)c4ccc(F)cc43)C[C@@H]2C(F)F)cc1. The maximum absolute atomic E-state index is 14.0. The molecular formula is C23H24F3N3O5S. The molecule has 8 nitrogen and oxygen atoms in total. The lowest BCUT2D eigenvalue weighted by Crippen LogP contribution is -2.39. The number of carboxylic acids is 1. The minimum absolute atomic E-state index is 0.125. The van der Waals surface area contributed by atoms with Gasteiger partial charge in [-0.15, -0.1) is 0 Å². The Morgan fingerprint density at radius 3 is 2.49 bits per heavy atom. The van der Waals surface area contributed by atoms with E-state index in [1.165, 1.54) is 35.0 Å². The lowest BCUT2D eigenvalue weighted by Gasteiger charge is -2.23. The summed E-state index contributed by atoms with van der Waals surface area (Å²) in [6, 6.07) is 6.70. The smallest absolute Gasteiger partial charge is 0.309 e. The minimum atomic E-state index is -4.30. The monoisotopic (exact) mass is 511 g/mol. The lowest BCUT2D eigenvalue weighted by molar-refractivity contribution is -0.136. The molecule has 1 fully saturated rings. The molecule has 35 heavy (non-hydrogen) atoms. The lowest BCUT2D eigenvalue weighted by atomic mass is 10.1. The third kappa shape index (κ3) is 4.98. The molecule has 0 unspecified atom stereocenters. The molecule has 2 aromatic carbocycles. The number of aromatic nitrogens is 2. The fraction of sp³-hybridized carbons (Fsp3) is 0.391. The number of carbonyl (C=O) groups is 1. The summed E-state index contributed by atoms with van der Waals surface area (Å²) in [5.74, 6) is -1.33. The van der Waals surface area contributed by atoms with Gasteiger partial charge in [0, 0.05) is 11.9 Å². The van der Waals surface area contributed by atoms with Crippen LogP contribution >= 0.6 is 0 Å². The number of ether oxygens (including phenoxy) is 1. The van der Waals surface area contributed by atoms with Crippen LogP contribution in [0.25, 0.3) is 10.9 Å². The Kier molecular flexibility index (Phi) is 6.78. The number of halogens is 3. The molecule has 0 saturated carbocycles. The fourth-order valence-corrected chi connectivity index (χ4v) is 5.98. The maximum atomic E-state index is 14.0. The largest absolute Gasteiger partial charge is 0.491 e. The van der Waals surface area contributed by atoms with Crippen molar-refractivity contribution >= 4 is 26.9 Å². The summed E-state index contributed by atoms with van der Waals surface area (Å²) in [6.07, 6.45) is -3.83. The van der Waals surface area contributed by atoms with Gasteiger partial charge in [-0.05, 0) is 62.7 Å². The first-order chi connectivity index (χ1) is 16.5. The van der Waals surface area contributed by atoms with Crippen molar-refractivity contribution in [1.82, 2.24) is 14.1 Å². The first-order valence-corrected chi connectivity index (χ1v) is 12.4. The van der Waals surface area contributed by atoms with E-state index in [9.17, 15) is 31.5 Å². The number of carboxylic acid groups (broad SMARTS) is 1. The molecule has 1 saturated heterocycles. The molecule has 3 aromatic rings. The van der Waals surface area contributed by atoms with Crippen LogP contribution in [0.2, 0.25) is 0 Å². The summed E-state index contributed by atoms with van der Waals surface area (Å²) in [5, 5.41) is 13.8. The Morgan fingerprint density at radius 1 is 1.20 bits per heavy atom. The first kappa shape index (κ1) is 25.0. The van der Waals surface area contributed by atoms with E-state index in [2.05, 4.69) is 5.10 Å². The molecule has 1 aliphatic rings. The van der Waals surface area contributed by atoms with Crippen molar-refractivity contribution in [3.8, 4) is 5.75 Å². The second-order valence-electron chi connectivity index (χ2n) is 8.63. The molecule has 0 aliphatic carbocycles.